The lowest BCUT2D eigenvalue weighted by Crippen LogP contribution is -2.14. The summed E-state index contributed by atoms with van der Waals surface area (Å²) in [6.45, 7) is 1.83. The summed E-state index contributed by atoms with van der Waals surface area (Å²) >= 11 is 6.23. The Morgan fingerprint density at radius 3 is 2.08 bits per heavy atom. The molecule has 0 bridgehead atoms. The number of para-hydroxylation sites is 1. The fraction of sp³-hybridized carbons (Fsp3) is 0.0303. The summed E-state index contributed by atoms with van der Waals surface area (Å²) in [4.78, 5) is 13.2. The van der Waals surface area contributed by atoms with Crippen molar-refractivity contribution >= 4 is 29.3 Å². The van der Waals surface area contributed by atoms with Crippen LogP contribution in [0.25, 0.3) is 34.3 Å². The number of amides is 1. The predicted molar refractivity (Wildman–Crippen MR) is 155 cm³/mol. The normalized spacial score (nSPS) is 11.1. The maximum absolute atomic E-state index is 13.2. The molecule has 0 unspecified atom stereocenters. The molecule has 0 aliphatic heterocycles. The average Bonchev–Trinajstić information content (AvgIpc) is 3.34. The molecule has 38 heavy (non-hydrogen) atoms. The summed E-state index contributed by atoms with van der Waals surface area (Å²) in [6, 6.07) is 39.6. The molecule has 0 fully saturated rings. The Labute approximate surface area is 227 Å². The quantitative estimate of drug-likeness (QED) is 0.183. The van der Waals surface area contributed by atoms with Gasteiger partial charge in [0.1, 0.15) is 11.6 Å². The smallest absolute Gasteiger partial charge is 0.266 e. The van der Waals surface area contributed by atoms with Crippen LogP contribution in [0.1, 0.15) is 11.1 Å². The number of anilines is 1. The van der Waals surface area contributed by atoms with Gasteiger partial charge in [-0.2, -0.15) is 5.26 Å². The van der Waals surface area contributed by atoms with Crippen molar-refractivity contribution in [3.8, 4) is 34.3 Å². The first-order valence-electron chi connectivity index (χ1n) is 12.2. The number of hydrogen-bond donors (Lipinski definition) is 1. The largest absolute Gasteiger partial charge is 0.321 e. The minimum Gasteiger partial charge on any atom is -0.321 e. The van der Waals surface area contributed by atoms with Crippen molar-refractivity contribution in [2.24, 2.45) is 0 Å². The van der Waals surface area contributed by atoms with Crippen molar-refractivity contribution < 1.29 is 4.79 Å². The second-order valence-electron chi connectivity index (χ2n) is 8.77. The molecule has 5 aromatic rings. The van der Waals surface area contributed by atoms with E-state index in [0.29, 0.717) is 10.7 Å². The maximum atomic E-state index is 13.2. The number of aromatic nitrogens is 1. The van der Waals surface area contributed by atoms with Gasteiger partial charge in [-0.1, -0.05) is 96.5 Å². The SMILES string of the molecule is Cc1c(Cl)cccc1NC(=O)/C(C#N)=C/c1cc(-c2ccccc2)n(-c2ccccc2)c1-c1ccccc1. The summed E-state index contributed by atoms with van der Waals surface area (Å²) in [5.41, 5.74) is 6.85. The molecule has 0 aliphatic carbocycles. The molecule has 4 nitrogen and oxygen atoms in total. The summed E-state index contributed by atoms with van der Waals surface area (Å²) < 4.78 is 2.17. The molecule has 0 atom stereocenters. The summed E-state index contributed by atoms with van der Waals surface area (Å²) in [6.07, 6.45) is 1.66. The number of nitriles is 1. The molecule has 1 aromatic heterocycles. The minimum atomic E-state index is -0.495. The van der Waals surface area contributed by atoms with Crippen LogP contribution in [0, 0.1) is 18.3 Å². The Morgan fingerprint density at radius 2 is 1.45 bits per heavy atom. The van der Waals surface area contributed by atoms with Crippen LogP contribution in [0.5, 0.6) is 0 Å². The molecule has 0 spiro atoms. The van der Waals surface area contributed by atoms with Crippen molar-refractivity contribution in [2.45, 2.75) is 6.92 Å². The fourth-order valence-electron chi connectivity index (χ4n) is 4.43. The third-order valence-corrected chi connectivity index (χ3v) is 6.75. The molecular formula is C33H24ClN3O. The van der Waals surface area contributed by atoms with Gasteiger partial charge in [0.2, 0.25) is 0 Å². The lowest BCUT2D eigenvalue weighted by atomic mass is 10.0. The van der Waals surface area contributed by atoms with Crippen molar-refractivity contribution in [3.05, 3.63) is 137 Å². The van der Waals surface area contributed by atoms with Crippen LogP contribution < -0.4 is 5.32 Å². The van der Waals surface area contributed by atoms with Crippen LogP contribution in [-0.2, 0) is 4.79 Å². The molecule has 5 rings (SSSR count). The van der Waals surface area contributed by atoms with Gasteiger partial charge in [0.25, 0.3) is 5.91 Å². The number of halogens is 1. The summed E-state index contributed by atoms with van der Waals surface area (Å²) in [5.74, 6) is -0.495. The van der Waals surface area contributed by atoms with E-state index in [1.165, 1.54) is 0 Å². The van der Waals surface area contributed by atoms with E-state index in [9.17, 15) is 10.1 Å². The number of hydrogen-bond acceptors (Lipinski definition) is 2. The van der Waals surface area contributed by atoms with Gasteiger partial charge in [-0.05, 0) is 60.0 Å². The molecule has 1 amide bonds. The first kappa shape index (κ1) is 24.8. The van der Waals surface area contributed by atoms with E-state index >= 15 is 0 Å². The highest BCUT2D eigenvalue weighted by atomic mass is 35.5. The van der Waals surface area contributed by atoms with Crippen LogP contribution in [-0.4, -0.2) is 10.5 Å². The van der Waals surface area contributed by atoms with Gasteiger partial charge in [-0.25, -0.2) is 0 Å². The Hall–Kier alpha value is -4.85. The predicted octanol–water partition coefficient (Wildman–Crippen LogP) is 8.32. The van der Waals surface area contributed by atoms with Crippen LogP contribution in [0.3, 0.4) is 0 Å². The molecule has 5 heteroatoms. The molecule has 1 heterocycles. The van der Waals surface area contributed by atoms with Gasteiger partial charge in [0, 0.05) is 22.0 Å². The van der Waals surface area contributed by atoms with E-state index in [-0.39, 0.29) is 5.57 Å². The Kier molecular flexibility index (Phi) is 7.21. The number of carbonyl (C=O) groups excluding carboxylic acids is 1. The molecular weight excluding hydrogens is 490 g/mol. The van der Waals surface area contributed by atoms with Gasteiger partial charge >= 0.3 is 0 Å². The van der Waals surface area contributed by atoms with Crippen molar-refractivity contribution in [2.75, 3.05) is 5.32 Å². The molecule has 1 N–H and O–H groups in total. The lowest BCUT2D eigenvalue weighted by Gasteiger charge is -2.15. The standard InChI is InChI=1S/C33H24ClN3O/c1-23-29(34)18-11-19-30(23)36-33(38)27(22-35)20-26-21-31(24-12-5-2-6-13-24)37(28-16-9-4-10-17-28)32(26)25-14-7-3-8-15-25/h2-21H,1H3,(H,36,38)/b27-20+. The van der Waals surface area contributed by atoms with E-state index in [1.54, 1.807) is 24.3 Å². The average molecular weight is 514 g/mol. The van der Waals surface area contributed by atoms with E-state index in [4.69, 9.17) is 11.6 Å². The number of carbonyl (C=O) groups is 1. The van der Waals surface area contributed by atoms with Gasteiger partial charge in [-0.3, -0.25) is 4.79 Å². The van der Waals surface area contributed by atoms with Crippen LogP contribution in [0.15, 0.2) is 121 Å². The topological polar surface area (TPSA) is 57.8 Å². The van der Waals surface area contributed by atoms with E-state index < -0.39 is 5.91 Å². The monoisotopic (exact) mass is 513 g/mol. The zero-order valence-corrected chi connectivity index (χ0v) is 21.5. The highest BCUT2D eigenvalue weighted by molar-refractivity contribution is 6.31. The number of rotatable bonds is 6. The van der Waals surface area contributed by atoms with Gasteiger partial charge in [-0.15, -0.1) is 0 Å². The molecule has 0 saturated heterocycles. The van der Waals surface area contributed by atoms with Crippen molar-refractivity contribution in [1.82, 2.24) is 4.57 Å². The third-order valence-electron chi connectivity index (χ3n) is 6.34. The molecule has 4 aromatic carbocycles. The van der Waals surface area contributed by atoms with Gasteiger partial charge < -0.3 is 9.88 Å². The van der Waals surface area contributed by atoms with Crippen LogP contribution in [0.2, 0.25) is 5.02 Å². The van der Waals surface area contributed by atoms with E-state index in [1.807, 2.05) is 91.9 Å². The van der Waals surface area contributed by atoms with Crippen molar-refractivity contribution in [3.63, 3.8) is 0 Å². The minimum absolute atomic E-state index is 0.00798. The summed E-state index contributed by atoms with van der Waals surface area (Å²) in [7, 11) is 0. The maximum Gasteiger partial charge on any atom is 0.266 e. The number of benzene rings is 4. The third kappa shape index (κ3) is 5.01. The van der Waals surface area contributed by atoms with Gasteiger partial charge in [0.15, 0.2) is 0 Å². The lowest BCUT2D eigenvalue weighted by molar-refractivity contribution is -0.112. The second-order valence-corrected chi connectivity index (χ2v) is 9.18. The van der Waals surface area contributed by atoms with Crippen LogP contribution >= 0.6 is 11.6 Å². The fourth-order valence-corrected chi connectivity index (χ4v) is 4.61. The Morgan fingerprint density at radius 1 is 0.842 bits per heavy atom. The Balaban J connectivity index is 1.71. The highest BCUT2D eigenvalue weighted by Gasteiger charge is 2.20. The Bertz CT molecular complexity index is 1660. The highest BCUT2D eigenvalue weighted by Crippen LogP contribution is 2.37. The van der Waals surface area contributed by atoms with E-state index in [2.05, 4.69) is 28.1 Å². The van der Waals surface area contributed by atoms with E-state index in [0.717, 1.165) is 39.3 Å². The number of nitrogens with zero attached hydrogens (tertiary/aromatic N) is 2. The molecule has 184 valence electrons. The molecule has 0 radical (unpaired) electrons. The zero-order chi connectivity index (χ0) is 26.5. The summed E-state index contributed by atoms with van der Waals surface area (Å²) in [5, 5.41) is 13.4. The zero-order valence-electron chi connectivity index (χ0n) is 20.7. The molecule has 0 saturated carbocycles. The van der Waals surface area contributed by atoms with Crippen molar-refractivity contribution in [1.29, 1.82) is 5.26 Å². The first-order valence-corrected chi connectivity index (χ1v) is 12.5. The number of nitrogens with one attached hydrogen (secondary N) is 1. The molecule has 0 aliphatic rings. The first-order chi connectivity index (χ1) is 18.6. The van der Waals surface area contributed by atoms with Crippen LogP contribution in [0.4, 0.5) is 5.69 Å². The van der Waals surface area contributed by atoms with Gasteiger partial charge in [0.05, 0.1) is 11.4 Å². The second kappa shape index (κ2) is 11.0.